The van der Waals surface area contributed by atoms with Crippen LogP contribution >= 0.6 is 11.6 Å². The summed E-state index contributed by atoms with van der Waals surface area (Å²) in [7, 11) is -3.34. The summed E-state index contributed by atoms with van der Waals surface area (Å²) >= 11 is 5.86. The van der Waals surface area contributed by atoms with Crippen LogP contribution in [0.25, 0.3) is 0 Å². The zero-order valence-electron chi connectivity index (χ0n) is 12.9. The lowest BCUT2D eigenvalue weighted by Gasteiger charge is -2.40. The molecule has 2 unspecified atom stereocenters. The van der Waals surface area contributed by atoms with Crippen molar-refractivity contribution < 1.29 is 8.42 Å². The second kappa shape index (κ2) is 6.27. The molecule has 0 heterocycles. The lowest BCUT2D eigenvalue weighted by molar-refractivity contribution is 0.210. The summed E-state index contributed by atoms with van der Waals surface area (Å²) in [5.41, 5.74) is 0.0656. The van der Waals surface area contributed by atoms with Crippen LogP contribution in [0, 0.1) is 5.41 Å². The Morgan fingerprint density at radius 3 is 2.48 bits per heavy atom. The predicted octanol–water partition coefficient (Wildman–Crippen LogP) is 3.67. The van der Waals surface area contributed by atoms with Crippen LogP contribution in [0.3, 0.4) is 0 Å². The van der Waals surface area contributed by atoms with Crippen molar-refractivity contribution in [3.63, 3.8) is 0 Å². The molecule has 5 heteroatoms. The molecule has 1 aliphatic rings. The maximum absolute atomic E-state index is 13.0. The molecule has 0 aromatic heterocycles. The van der Waals surface area contributed by atoms with E-state index in [4.69, 9.17) is 11.6 Å². The predicted molar refractivity (Wildman–Crippen MR) is 87.5 cm³/mol. The van der Waals surface area contributed by atoms with Crippen LogP contribution in [0.1, 0.15) is 40.0 Å². The van der Waals surface area contributed by atoms with Crippen LogP contribution < -0.4 is 5.32 Å². The molecule has 0 aliphatic heterocycles. The fourth-order valence-electron chi connectivity index (χ4n) is 3.14. The first kappa shape index (κ1) is 16.8. The molecule has 1 N–H and O–H groups in total. The molecule has 1 saturated carbocycles. The highest BCUT2D eigenvalue weighted by Crippen LogP contribution is 2.40. The molecule has 1 fully saturated rings. The Labute approximate surface area is 133 Å². The van der Waals surface area contributed by atoms with E-state index in [0.717, 1.165) is 19.4 Å². The van der Waals surface area contributed by atoms with Gasteiger partial charge < -0.3 is 5.32 Å². The second-order valence-corrected chi connectivity index (χ2v) is 9.21. The Hall–Kier alpha value is -0.580. The van der Waals surface area contributed by atoms with Gasteiger partial charge in [-0.25, -0.2) is 8.42 Å². The molecule has 0 saturated heterocycles. The second-order valence-electron chi connectivity index (χ2n) is 6.61. The van der Waals surface area contributed by atoms with Gasteiger partial charge in [0.1, 0.15) is 0 Å². The van der Waals surface area contributed by atoms with Crippen molar-refractivity contribution in [1.29, 1.82) is 0 Å². The minimum absolute atomic E-state index is 0.0312. The molecule has 1 aromatic rings. The van der Waals surface area contributed by atoms with E-state index in [1.54, 1.807) is 24.3 Å². The van der Waals surface area contributed by atoms with E-state index in [2.05, 4.69) is 19.2 Å². The van der Waals surface area contributed by atoms with Crippen LogP contribution in [0.15, 0.2) is 29.2 Å². The SMILES string of the molecule is CCNC1CCC(C)(C)CC1S(=O)(=O)c1ccc(Cl)cc1. The molecule has 21 heavy (non-hydrogen) atoms. The van der Waals surface area contributed by atoms with Gasteiger partial charge in [0.15, 0.2) is 9.84 Å². The third kappa shape index (κ3) is 3.79. The number of halogens is 1. The van der Waals surface area contributed by atoms with Crippen molar-refractivity contribution in [3.8, 4) is 0 Å². The Morgan fingerprint density at radius 1 is 1.29 bits per heavy atom. The van der Waals surface area contributed by atoms with Crippen LogP contribution in [-0.4, -0.2) is 26.3 Å². The first-order chi connectivity index (χ1) is 9.76. The fraction of sp³-hybridized carbons (Fsp3) is 0.625. The van der Waals surface area contributed by atoms with Crippen LogP contribution in [-0.2, 0) is 9.84 Å². The molecule has 118 valence electrons. The summed E-state index contributed by atoms with van der Waals surface area (Å²) in [6.07, 6.45) is 2.64. The average Bonchev–Trinajstić information content (AvgIpc) is 2.41. The quantitative estimate of drug-likeness (QED) is 0.916. The molecule has 3 nitrogen and oxygen atoms in total. The number of rotatable bonds is 4. The summed E-state index contributed by atoms with van der Waals surface area (Å²) in [4.78, 5) is 0.373. The summed E-state index contributed by atoms with van der Waals surface area (Å²) in [6, 6.07) is 6.54. The Kier molecular flexibility index (Phi) is 5.01. The van der Waals surface area contributed by atoms with Crippen molar-refractivity contribution in [1.82, 2.24) is 5.32 Å². The minimum atomic E-state index is -3.34. The monoisotopic (exact) mass is 329 g/mol. The Bertz CT molecular complexity index is 581. The van der Waals surface area contributed by atoms with E-state index in [-0.39, 0.29) is 16.7 Å². The van der Waals surface area contributed by atoms with Crippen molar-refractivity contribution >= 4 is 21.4 Å². The van der Waals surface area contributed by atoms with Crippen molar-refractivity contribution in [2.45, 2.75) is 56.2 Å². The van der Waals surface area contributed by atoms with E-state index in [9.17, 15) is 8.42 Å². The van der Waals surface area contributed by atoms with Gasteiger partial charge in [-0.15, -0.1) is 0 Å². The lowest BCUT2D eigenvalue weighted by atomic mass is 9.75. The molecule has 2 atom stereocenters. The van der Waals surface area contributed by atoms with Gasteiger partial charge in [0.25, 0.3) is 0 Å². The lowest BCUT2D eigenvalue weighted by Crippen LogP contribution is -2.49. The average molecular weight is 330 g/mol. The van der Waals surface area contributed by atoms with Crippen molar-refractivity contribution in [3.05, 3.63) is 29.3 Å². The highest BCUT2D eigenvalue weighted by atomic mass is 35.5. The molecule has 0 spiro atoms. The molecule has 1 aromatic carbocycles. The van der Waals surface area contributed by atoms with E-state index in [0.29, 0.717) is 16.3 Å². The molecular weight excluding hydrogens is 306 g/mol. The number of sulfone groups is 1. The maximum atomic E-state index is 13.0. The molecular formula is C16H24ClNO2S. The third-order valence-corrected chi connectivity index (χ3v) is 6.82. The van der Waals surface area contributed by atoms with Crippen molar-refractivity contribution in [2.75, 3.05) is 6.54 Å². The van der Waals surface area contributed by atoms with E-state index >= 15 is 0 Å². The first-order valence-corrected chi connectivity index (χ1v) is 9.41. The van der Waals surface area contributed by atoms with Gasteiger partial charge in [0.05, 0.1) is 10.1 Å². The summed E-state index contributed by atoms with van der Waals surface area (Å²) in [6.45, 7) is 7.11. The van der Waals surface area contributed by atoms with Gasteiger partial charge in [0.2, 0.25) is 0 Å². The van der Waals surface area contributed by atoms with Gasteiger partial charge in [-0.3, -0.25) is 0 Å². The van der Waals surface area contributed by atoms with Gasteiger partial charge in [0, 0.05) is 11.1 Å². The van der Waals surface area contributed by atoms with Gasteiger partial charge in [-0.2, -0.15) is 0 Å². The van der Waals surface area contributed by atoms with E-state index in [1.165, 1.54) is 0 Å². The van der Waals surface area contributed by atoms with E-state index < -0.39 is 9.84 Å². The summed E-state index contributed by atoms with van der Waals surface area (Å²) in [5, 5.41) is 3.54. The summed E-state index contributed by atoms with van der Waals surface area (Å²) < 4.78 is 26.0. The zero-order chi connectivity index (χ0) is 15.7. The standard InChI is InChI=1S/C16H24ClNO2S/c1-4-18-14-9-10-16(2,3)11-15(14)21(19,20)13-7-5-12(17)6-8-13/h5-8,14-15,18H,4,9-11H2,1-3H3. The first-order valence-electron chi connectivity index (χ1n) is 7.49. The highest BCUT2D eigenvalue weighted by molar-refractivity contribution is 7.92. The van der Waals surface area contributed by atoms with Crippen LogP contribution in [0.2, 0.25) is 5.02 Å². The number of hydrogen-bond donors (Lipinski definition) is 1. The van der Waals surface area contributed by atoms with Gasteiger partial charge in [-0.1, -0.05) is 32.4 Å². The molecule has 0 amide bonds. The Balaban J connectivity index is 2.35. The topological polar surface area (TPSA) is 46.2 Å². The molecule has 0 radical (unpaired) electrons. The molecule has 2 rings (SSSR count). The smallest absolute Gasteiger partial charge is 0.182 e. The molecule has 0 bridgehead atoms. The largest absolute Gasteiger partial charge is 0.313 e. The number of hydrogen-bond acceptors (Lipinski definition) is 3. The van der Waals surface area contributed by atoms with Crippen LogP contribution in [0.4, 0.5) is 0 Å². The third-order valence-electron chi connectivity index (χ3n) is 4.34. The van der Waals surface area contributed by atoms with Crippen LogP contribution in [0.5, 0.6) is 0 Å². The van der Waals surface area contributed by atoms with Crippen molar-refractivity contribution in [2.24, 2.45) is 5.41 Å². The number of nitrogens with one attached hydrogen (secondary N) is 1. The molecule has 1 aliphatic carbocycles. The van der Waals surface area contributed by atoms with Gasteiger partial charge in [-0.05, 0) is 55.5 Å². The van der Waals surface area contributed by atoms with Gasteiger partial charge >= 0.3 is 0 Å². The normalized spacial score (nSPS) is 25.7. The Morgan fingerprint density at radius 2 is 1.90 bits per heavy atom. The minimum Gasteiger partial charge on any atom is -0.313 e. The zero-order valence-corrected chi connectivity index (χ0v) is 14.5. The fourth-order valence-corrected chi connectivity index (χ4v) is 5.47. The summed E-state index contributed by atoms with van der Waals surface area (Å²) in [5.74, 6) is 0. The maximum Gasteiger partial charge on any atom is 0.182 e. The van der Waals surface area contributed by atoms with E-state index in [1.807, 2.05) is 6.92 Å². The highest BCUT2D eigenvalue weighted by Gasteiger charge is 2.42. The number of benzene rings is 1.